The molecule has 2 heterocycles. The molecule has 1 aromatic heterocycles. The molecule has 4 rings (SSSR count). The lowest BCUT2D eigenvalue weighted by Crippen LogP contribution is -2.23. The summed E-state index contributed by atoms with van der Waals surface area (Å²) in [6, 6.07) is 6.86. The first-order chi connectivity index (χ1) is 17.2. The number of sulfone groups is 1. The van der Waals surface area contributed by atoms with E-state index in [1.165, 1.54) is 0 Å². The lowest BCUT2D eigenvalue weighted by molar-refractivity contribution is -0.120. The molecular weight excluding hydrogens is 499 g/mol. The summed E-state index contributed by atoms with van der Waals surface area (Å²) in [6.45, 7) is 5.14. The minimum Gasteiger partial charge on any atom is -0.381 e. The molecule has 36 heavy (non-hydrogen) atoms. The predicted molar refractivity (Wildman–Crippen MR) is 137 cm³/mol. The maximum absolute atomic E-state index is 13.5. The molecule has 10 heteroatoms. The van der Waals surface area contributed by atoms with E-state index in [1.807, 2.05) is 0 Å². The molecule has 1 aromatic carbocycles. The van der Waals surface area contributed by atoms with E-state index in [0.29, 0.717) is 48.4 Å². The average Bonchev–Trinajstić information content (AvgIpc) is 3.71. The summed E-state index contributed by atoms with van der Waals surface area (Å²) in [7, 11) is -6.05. The lowest BCUT2D eigenvalue weighted by atomic mass is 9.81. The molecule has 1 saturated heterocycles. The third kappa shape index (κ3) is 7.09. The maximum atomic E-state index is 13.5. The van der Waals surface area contributed by atoms with Crippen LogP contribution in [0.25, 0.3) is 0 Å². The lowest BCUT2D eigenvalue weighted by Gasteiger charge is -2.26. The highest BCUT2D eigenvalue weighted by Crippen LogP contribution is 2.45. The van der Waals surface area contributed by atoms with Crippen molar-refractivity contribution in [2.24, 2.45) is 5.92 Å². The van der Waals surface area contributed by atoms with E-state index in [-0.39, 0.29) is 29.5 Å². The molecule has 0 N–H and O–H groups in total. The minimum atomic E-state index is -3.27. The molecule has 0 spiro atoms. The van der Waals surface area contributed by atoms with Crippen molar-refractivity contribution in [1.29, 1.82) is 0 Å². The maximum Gasteiger partial charge on any atom is 0.206 e. The fourth-order valence-electron chi connectivity index (χ4n) is 4.70. The molecular formula is C26H35N2O6PS. The van der Waals surface area contributed by atoms with Gasteiger partial charge in [-0.2, -0.15) is 0 Å². The number of rotatable bonds is 12. The molecule has 1 aliphatic carbocycles. The van der Waals surface area contributed by atoms with Gasteiger partial charge in [-0.1, -0.05) is 12.1 Å². The Morgan fingerprint density at radius 3 is 2.31 bits per heavy atom. The van der Waals surface area contributed by atoms with E-state index >= 15 is 0 Å². The van der Waals surface area contributed by atoms with Crippen LogP contribution in [0.2, 0.25) is 0 Å². The number of benzene rings is 1. The smallest absolute Gasteiger partial charge is 0.206 e. The first-order valence-electron chi connectivity index (χ1n) is 12.6. The number of nitrogens with zero attached hydrogens (tertiary/aromatic N) is 2. The van der Waals surface area contributed by atoms with Crippen LogP contribution in [0.3, 0.4) is 0 Å². The molecule has 2 fully saturated rings. The standard InChI is InChI=1S/C26H35N2O6PS/c1-3-34-35(2,30)18-22-17-27-21(16-28-22)15-26(29)25(14-19-10-12-33-13-11-19)20-4-6-23(7-5-20)36(31,32)24-8-9-24/h4-7,16-17,19,24-25H,3,8-15,18H2,1-2H3/t25-,35?/m1/s1. The highest BCUT2D eigenvalue weighted by Gasteiger charge is 2.37. The minimum absolute atomic E-state index is 0.0248. The number of carbonyl (C=O) groups is 1. The molecule has 0 bridgehead atoms. The fraction of sp³-hybridized carbons (Fsp3) is 0.577. The Hall–Kier alpha value is -1.93. The van der Waals surface area contributed by atoms with Crippen LogP contribution in [-0.4, -0.2) is 55.9 Å². The Balaban J connectivity index is 1.49. The van der Waals surface area contributed by atoms with Gasteiger partial charge < -0.3 is 9.26 Å². The van der Waals surface area contributed by atoms with Crippen LogP contribution >= 0.6 is 7.37 Å². The van der Waals surface area contributed by atoms with Crippen molar-refractivity contribution in [2.75, 3.05) is 26.5 Å². The number of ether oxygens (including phenoxy) is 1. The molecule has 1 saturated carbocycles. The monoisotopic (exact) mass is 534 g/mol. The highest BCUT2D eigenvalue weighted by atomic mass is 32.2. The number of aromatic nitrogens is 2. The van der Waals surface area contributed by atoms with Gasteiger partial charge in [0.15, 0.2) is 9.84 Å². The van der Waals surface area contributed by atoms with E-state index in [0.717, 1.165) is 31.2 Å². The summed E-state index contributed by atoms with van der Waals surface area (Å²) in [4.78, 5) is 22.6. The number of Topliss-reactive ketones (excluding diaryl/α,β-unsaturated/α-hetero) is 1. The Morgan fingerprint density at radius 2 is 1.72 bits per heavy atom. The number of hydrogen-bond donors (Lipinski definition) is 0. The predicted octanol–water partition coefficient (Wildman–Crippen LogP) is 4.57. The van der Waals surface area contributed by atoms with Gasteiger partial charge >= 0.3 is 0 Å². The molecule has 2 aromatic rings. The first-order valence-corrected chi connectivity index (χ1v) is 16.4. The molecule has 2 atom stereocenters. The largest absolute Gasteiger partial charge is 0.381 e. The zero-order valence-corrected chi connectivity index (χ0v) is 22.7. The van der Waals surface area contributed by atoms with Crippen LogP contribution in [0.5, 0.6) is 0 Å². The Kier molecular flexibility index (Phi) is 8.76. The zero-order valence-electron chi connectivity index (χ0n) is 21.0. The van der Waals surface area contributed by atoms with Crippen LogP contribution in [0.15, 0.2) is 41.6 Å². The third-order valence-corrected chi connectivity index (χ3v) is 10.8. The van der Waals surface area contributed by atoms with Crippen molar-refractivity contribution < 1.29 is 27.0 Å². The zero-order chi connectivity index (χ0) is 25.8. The Labute approximate surface area is 213 Å². The summed E-state index contributed by atoms with van der Waals surface area (Å²) in [6.07, 6.45) is 7.39. The van der Waals surface area contributed by atoms with E-state index in [9.17, 15) is 17.8 Å². The van der Waals surface area contributed by atoms with Gasteiger partial charge in [0, 0.05) is 38.2 Å². The molecule has 1 aliphatic heterocycles. The Bertz CT molecular complexity index is 1190. The van der Waals surface area contributed by atoms with E-state index in [1.54, 1.807) is 50.2 Å². The van der Waals surface area contributed by atoms with Gasteiger partial charge in [0.1, 0.15) is 5.78 Å². The summed E-state index contributed by atoms with van der Waals surface area (Å²) in [5.74, 6) is 0.0335. The summed E-state index contributed by atoms with van der Waals surface area (Å²) >= 11 is 0. The quantitative estimate of drug-likeness (QED) is 0.364. The molecule has 0 amide bonds. The Morgan fingerprint density at radius 1 is 1.08 bits per heavy atom. The van der Waals surface area contributed by atoms with Crippen molar-refractivity contribution >= 4 is 23.0 Å². The van der Waals surface area contributed by atoms with Crippen molar-refractivity contribution in [1.82, 2.24) is 9.97 Å². The van der Waals surface area contributed by atoms with Crippen molar-refractivity contribution in [3.05, 3.63) is 53.6 Å². The van der Waals surface area contributed by atoms with Crippen LogP contribution in [0, 0.1) is 5.92 Å². The summed E-state index contributed by atoms with van der Waals surface area (Å²) < 4.78 is 48.4. The van der Waals surface area contributed by atoms with Gasteiger partial charge in [0.2, 0.25) is 7.37 Å². The second-order valence-electron chi connectivity index (χ2n) is 9.89. The van der Waals surface area contributed by atoms with Gasteiger partial charge in [-0.25, -0.2) is 8.42 Å². The number of carbonyl (C=O) groups excluding carboxylic acids is 1. The SMILES string of the molecule is CCOP(C)(=O)Cc1cnc(CC(=O)[C@H](CC2CCOCC2)c2ccc(S(=O)(=O)C3CC3)cc2)cn1. The average molecular weight is 535 g/mol. The second-order valence-corrected chi connectivity index (χ2v) is 14.7. The second kappa shape index (κ2) is 11.6. The third-order valence-electron chi connectivity index (χ3n) is 6.84. The van der Waals surface area contributed by atoms with E-state index < -0.39 is 17.2 Å². The highest BCUT2D eigenvalue weighted by molar-refractivity contribution is 7.92. The molecule has 196 valence electrons. The van der Waals surface area contributed by atoms with Gasteiger partial charge in [0.05, 0.1) is 40.7 Å². The fourth-order valence-corrected chi connectivity index (χ4v) is 7.74. The normalized spacial score (nSPS) is 19.5. The number of hydrogen-bond acceptors (Lipinski definition) is 8. The van der Waals surface area contributed by atoms with Crippen LogP contribution in [-0.2, 0) is 41.0 Å². The van der Waals surface area contributed by atoms with E-state index in [4.69, 9.17) is 9.26 Å². The van der Waals surface area contributed by atoms with Crippen LogP contribution < -0.4 is 0 Å². The van der Waals surface area contributed by atoms with Gasteiger partial charge in [-0.15, -0.1) is 0 Å². The van der Waals surface area contributed by atoms with Gasteiger partial charge in [0.25, 0.3) is 0 Å². The topological polar surface area (TPSA) is 113 Å². The van der Waals surface area contributed by atoms with Crippen molar-refractivity contribution in [3.8, 4) is 0 Å². The molecule has 0 radical (unpaired) electrons. The molecule has 8 nitrogen and oxygen atoms in total. The summed E-state index contributed by atoms with van der Waals surface area (Å²) in [5.41, 5.74) is 1.95. The van der Waals surface area contributed by atoms with Gasteiger partial charge in [-0.3, -0.25) is 19.3 Å². The van der Waals surface area contributed by atoms with Crippen LogP contribution in [0.4, 0.5) is 0 Å². The molecule has 2 aliphatic rings. The summed E-state index contributed by atoms with van der Waals surface area (Å²) in [5, 5.41) is -0.264. The number of ketones is 1. The van der Waals surface area contributed by atoms with Gasteiger partial charge in [-0.05, 0) is 62.6 Å². The first kappa shape index (κ1) is 27.1. The van der Waals surface area contributed by atoms with Crippen molar-refractivity contribution in [3.63, 3.8) is 0 Å². The molecule has 1 unspecified atom stereocenters. The van der Waals surface area contributed by atoms with Crippen molar-refractivity contribution in [2.45, 2.75) is 67.7 Å². The van der Waals surface area contributed by atoms with Crippen LogP contribution in [0.1, 0.15) is 61.9 Å². The van der Waals surface area contributed by atoms with E-state index in [2.05, 4.69) is 9.97 Å².